The van der Waals surface area contributed by atoms with Crippen LogP contribution >= 0.6 is 0 Å². The zero-order valence-corrected chi connectivity index (χ0v) is 24.9. The predicted octanol–water partition coefficient (Wildman–Crippen LogP) is 2.55. The molecule has 3 aromatic rings. The zero-order valence-electron chi connectivity index (χ0n) is 24.9. The molecule has 1 aromatic heterocycles. The van der Waals surface area contributed by atoms with Crippen molar-refractivity contribution in [2.45, 2.75) is 39.3 Å². The number of rotatable bonds is 13. The van der Waals surface area contributed by atoms with Crippen LogP contribution in [0.3, 0.4) is 0 Å². The fourth-order valence-corrected chi connectivity index (χ4v) is 5.65. The lowest BCUT2D eigenvalue weighted by Gasteiger charge is -2.33. The van der Waals surface area contributed by atoms with Crippen LogP contribution in [-0.4, -0.2) is 113 Å². The molecule has 2 aliphatic rings. The van der Waals surface area contributed by atoms with Crippen molar-refractivity contribution in [2.24, 2.45) is 0 Å². The van der Waals surface area contributed by atoms with Crippen LogP contribution in [0.4, 0.5) is 5.69 Å². The summed E-state index contributed by atoms with van der Waals surface area (Å²) < 4.78 is 1.76. The van der Waals surface area contributed by atoms with Gasteiger partial charge in [0.2, 0.25) is 0 Å². The average Bonchev–Trinajstić information content (AvgIpc) is 3.40. The van der Waals surface area contributed by atoms with E-state index < -0.39 is 23.6 Å². The molecule has 0 fully saturated rings. The number of anilines is 1. The van der Waals surface area contributed by atoms with Crippen molar-refractivity contribution >= 4 is 40.1 Å². The molecular weight excluding hydrogens is 536 g/mol. The highest BCUT2D eigenvalue weighted by molar-refractivity contribution is 6.34. The Morgan fingerprint density at radius 1 is 0.762 bits per heavy atom. The number of amides is 4. The maximum absolute atomic E-state index is 14.0. The summed E-state index contributed by atoms with van der Waals surface area (Å²) in [5.74, 6) is -1.71. The van der Waals surface area contributed by atoms with Gasteiger partial charge < -0.3 is 15.1 Å². The first kappa shape index (κ1) is 29.3. The molecule has 4 amide bonds. The van der Waals surface area contributed by atoms with Crippen molar-refractivity contribution in [3.63, 3.8) is 0 Å². The lowest BCUT2D eigenvalue weighted by Crippen LogP contribution is -2.44. The minimum Gasteiger partial charge on any atom is -0.379 e. The molecule has 12 nitrogen and oxygen atoms in total. The van der Waals surface area contributed by atoms with E-state index in [2.05, 4.69) is 22.6 Å². The van der Waals surface area contributed by atoms with Crippen LogP contribution in [-0.2, 0) is 13.1 Å². The minimum absolute atomic E-state index is 0.253. The highest BCUT2D eigenvalue weighted by atomic mass is 16.2. The van der Waals surface area contributed by atoms with Gasteiger partial charge in [0, 0.05) is 47.2 Å². The lowest BCUT2D eigenvalue weighted by molar-refractivity contribution is 0.0584. The van der Waals surface area contributed by atoms with E-state index in [4.69, 9.17) is 0 Å². The van der Waals surface area contributed by atoms with Crippen LogP contribution in [0.1, 0.15) is 73.3 Å². The number of benzene rings is 2. The van der Waals surface area contributed by atoms with E-state index in [0.29, 0.717) is 58.2 Å². The fourth-order valence-electron chi connectivity index (χ4n) is 5.65. The molecule has 0 bridgehead atoms. The van der Waals surface area contributed by atoms with Gasteiger partial charge in [-0.15, -0.1) is 5.10 Å². The molecule has 2 aromatic carbocycles. The van der Waals surface area contributed by atoms with Crippen molar-refractivity contribution in [2.75, 3.05) is 59.7 Å². The van der Waals surface area contributed by atoms with Gasteiger partial charge in [0.05, 0.1) is 23.9 Å². The maximum Gasteiger partial charge on any atom is 0.263 e. The van der Waals surface area contributed by atoms with Gasteiger partial charge in [0.1, 0.15) is 5.69 Å². The highest BCUT2D eigenvalue weighted by Crippen LogP contribution is 2.41. The largest absolute Gasteiger partial charge is 0.379 e. The maximum atomic E-state index is 14.0. The monoisotopic (exact) mass is 574 g/mol. The van der Waals surface area contributed by atoms with Crippen molar-refractivity contribution in [3.05, 3.63) is 52.3 Å². The van der Waals surface area contributed by atoms with Crippen molar-refractivity contribution in [1.29, 1.82) is 0 Å². The number of carbonyl (C=O) groups is 4. The SMILES string of the molecule is CCCn1cc(CNc2cc3c4c(ccc5c4c2C(=O)N(CCCN(C)C)C5=O)C(=O)N(CCCN(C)C)C3=O)nn1. The van der Waals surface area contributed by atoms with Crippen LogP contribution in [0, 0.1) is 0 Å². The normalized spacial score (nSPS) is 14.7. The minimum atomic E-state index is -0.444. The Kier molecular flexibility index (Phi) is 8.37. The Hall–Kier alpha value is -4.16. The molecule has 3 heterocycles. The smallest absolute Gasteiger partial charge is 0.263 e. The number of nitrogens with zero attached hydrogens (tertiary/aromatic N) is 7. The molecule has 2 aliphatic heterocycles. The molecule has 0 unspecified atom stereocenters. The fraction of sp³-hybridized carbons (Fsp3) is 0.467. The summed E-state index contributed by atoms with van der Waals surface area (Å²) in [6.45, 7) is 5.00. The van der Waals surface area contributed by atoms with Gasteiger partial charge in [-0.05, 0) is 78.7 Å². The van der Waals surface area contributed by atoms with Gasteiger partial charge in [-0.1, -0.05) is 12.1 Å². The number of aromatic nitrogens is 3. The number of hydrogen-bond acceptors (Lipinski definition) is 9. The van der Waals surface area contributed by atoms with Gasteiger partial charge in [-0.2, -0.15) is 0 Å². The molecule has 0 saturated carbocycles. The Morgan fingerprint density at radius 3 is 1.93 bits per heavy atom. The van der Waals surface area contributed by atoms with Gasteiger partial charge in [-0.3, -0.25) is 33.7 Å². The van der Waals surface area contributed by atoms with E-state index >= 15 is 0 Å². The highest BCUT2D eigenvalue weighted by Gasteiger charge is 2.41. The number of hydrogen-bond donors (Lipinski definition) is 1. The first-order valence-corrected chi connectivity index (χ1v) is 14.4. The van der Waals surface area contributed by atoms with Gasteiger partial charge in [-0.25, -0.2) is 0 Å². The summed E-state index contributed by atoms with van der Waals surface area (Å²) in [7, 11) is 7.75. The zero-order chi connectivity index (χ0) is 30.1. The second-order valence-corrected chi connectivity index (χ2v) is 11.4. The third-order valence-electron chi connectivity index (χ3n) is 7.64. The Morgan fingerprint density at radius 2 is 1.33 bits per heavy atom. The van der Waals surface area contributed by atoms with Crippen molar-refractivity contribution < 1.29 is 19.2 Å². The van der Waals surface area contributed by atoms with E-state index in [0.717, 1.165) is 19.5 Å². The Bertz CT molecular complexity index is 1560. The summed E-state index contributed by atoms with van der Waals surface area (Å²) in [6, 6.07) is 4.88. The number of aryl methyl sites for hydroxylation is 1. The molecule has 0 aliphatic carbocycles. The molecule has 12 heteroatoms. The topological polar surface area (TPSA) is 124 Å². The molecule has 5 rings (SSSR count). The summed E-state index contributed by atoms with van der Waals surface area (Å²) in [5.41, 5.74) is 2.32. The third kappa shape index (κ3) is 5.39. The lowest BCUT2D eigenvalue weighted by atomic mass is 9.84. The summed E-state index contributed by atoms with van der Waals surface area (Å²) in [5, 5.41) is 12.4. The second kappa shape index (κ2) is 12.0. The molecule has 0 saturated heterocycles. The Balaban J connectivity index is 1.60. The van der Waals surface area contributed by atoms with Crippen molar-refractivity contribution in [1.82, 2.24) is 34.6 Å². The first-order valence-electron chi connectivity index (χ1n) is 14.4. The molecule has 1 N–H and O–H groups in total. The van der Waals surface area contributed by atoms with E-state index in [1.807, 2.05) is 44.2 Å². The standard InChI is InChI=1S/C30H38N8O4/c1-6-11-36-18-19(32-33-36)17-31-23-16-22-24-20(27(39)37(29(22)41)14-7-12-34(2)3)9-10-21-25(24)26(23)30(42)38(28(21)40)15-8-13-35(4)5/h9-10,16,18,31H,6-8,11-15,17H2,1-5H3. The second-order valence-electron chi connectivity index (χ2n) is 11.4. The van der Waals surface area contributed by atoms with E-state index in [-0.39, 0.29) is 25.2 Å². The summed E-state index contributed by atoms with van der Waals surface area (Å²) >= 11 is 0. The summed E-state index contributed by atoms with van der Waals surface area (Å²) in [4.78, 5) is 61.6. The van der Waals surface area contributed by atoms with Crippen LogP contribution in [0.2, 0.25) is 0 Å². The number of nitrogens with one attached hydrogen (secondary N) is 1. The number of carbonyl (C=O) groups excluding carboxylic acids is 4. The predicted molar refractivity (Wildman–Crippen MR) is 159 cm³/mol. The molecule has 222 valence electrons. The average molecular weight is 575 g/mol. The van der Waals surface area contributed by atoms with Crippen LogP contribution in [0.5, 0.6) is 0 Å². The number of imide groups is 2. The molecule has 0 atom stereocenters. The van der Waals surface area contributed by atoms with Gasteiger partial charge in [0.25, 0.3) is 23.6 Å². The van der Waals surface area contributed by atoms with Gasteiger partial charge in [0.15, 0.2) is 0 Å². The third-order valence-corrected chi connectivity index (χ3v) is 7.64. The van der Waals surface area contributed by atoms with Crippen LogP contribution < -0.4 is 5.32 Å². The summed E-state index contributed by atoms with van der Waals surface area (Å²) in [6.07, 6.45) is 3.99. The van der Waals surface area contributed by atoms with Crippen LogP contribution in [0.15, 0.2) is 24.4 Å². The van der Waals surface area contributed by atoms with Gasteiger partial charge >= 0.3 is 0 Å². The molecular formula is C30H38N8O4. The molecule has 0 radical (unpaired) electrons. The molecule has 42 heavy (non-hydrogen) atoms. The van der Waals surface area contributed by atoms with Crippen LogP contribution in [0.25, 0.3) is 10.8 Å². The van der Waals surface area contributed by atoms with Crippen molar-refractivity contribution in [3.8, 4) is 0 Å². The Labute approximate surface area is 245 Å². The molecule has 0 spiro atoms. The van der Waals surface area contributed by atoms with E-state index in [1.54, 1.807) is 22.9 Å². The van der Waals surface area contributed by atoms with E-state index in [1.165, 1.54) is 9.80 Å². The first-order chi connectivity index (χ1) is 20.1. The van der Waals surface area contributed by atoms with E-state index in [9.17, 15) is 19.2 Å². The quantitative estimate of drug-likeness (QED) is 0.307.